The fourth-order valence-corrected chi connectivity index (χ4v) is 5.13. The number of nitrogens with one attached hydrogen (secondary N) is 1. The number of hydrogen-bond acceptors (Lipinski definition) is 5. The summed E-state index contributed by atoms with van der Waals surface area (Å²) in [7, 11) is 0. The topological polar surface area (TPSA) is 78.0 Å². The highest BCUT2D eigenvalue weighted by molar-refractivity contribution is 5.92. The van der Waals surface area contributed by atoms with Gasteiger partial charge in [-0.3, -0.25) is 9.78 Å². The van der Waals surface area contributed by atoms with Crippen LogP contribution in [0.2, 0.25) is 0 Å². The number of halogens is 4. The number of fused-ring (bicyclic) bond motifs is 3. The van der Waals surface area contributed by atoms with E-state index in [0.717, 1.165) is 25.1 Å². The van der Waals surface area contributed by atoms with Gasteiger partial charge in [0.05, 0.1) is 11.3 Å². The van der Waals surface area contributed by atoms with Gasteiger partial charge in [-0.05, 0) is 37.5 Å². The van der Waals surface area contributed by atoms with Crippen LogP contribution < -0.4 is 4.90 Å². The van der Waals surface area contributed by atoms with Gasteiger partial charge in [-0.1, -0.05) is 0 Å². The van der Waals surface area contributed by atoms with Crippen LogP contribution in [0, 0.1) is 5.92 Å². The first-order chi connectivity index (χ1) is 15.8. The van der Waals surface area contributed by atoms with Crippen LogP contribution in [0.5, 0.6) is 0 Å². The molecule has 6 rings (SSSR count). The molecule has 3 fully saturated rings. The number of hydrogen-bond donors (Lipinski definition) is 1. The van der Waals surface area contributed by atoms with Gasteiger partial charge in [0.1, 0.15) is 29.7 Å². The SMILES string of the molecule is O=C([C@@H]1C[C@H]1F)N1C2CCC1CN(c1ncnc3[nH]c(-c4ccnc(C(F)(F)F)c4)cc13)C2. The van der Waals surface area contributed by atoms with Crippen molar-refractivity contribution in [2.45, 2.75) is 43.7 Å². The van der Waals surface area contributed by atoms with Crippen molar-refractivity contribution in [1.82, 2.24) is 24.8 Å². The number of anilines is 1. The third kappa shape index (κ3) is 3.41. The minimum Gasteiger partial charge on any atom is -0.352 e. The predicted octanol–water partition coefficient (Wildman–Crippen LogP) is 3.58. The van der Waals surface area contributed by atoms with E-state index < -0.39 is 24.0 Å². The number of amides is 1. The Morgan fingerprint density at radius 2 is 1.82 bits per heavy atom. The number of carbonyl (C=O) groups excluding carboxylic acids is 1. The van der Waals surface area contributed by atoms with E-state index in [2.05, 4.69) is 24.8 Å². The van der Waals surface area contributed by atoms with E-state index in [1.54, 1.807) is 6.07 Å². The van der Waals surface area contributed by atoms with E-state index in [1.165, 1.54) is 12.4 Å². The normalized spacial score (nSPS) is 26.8. The molecule has 2 unspecified atom stereocenters. The fraction of sp³-hybridized carbons (Fsp3) is 0.455. The first-order valence-corrected chi connectivity index (χ1v) is 10.9. The van der Waals surface area contributed by atoms with Crippen molar-refractivity contribution in [3.8, 4) is 11.3 Å². The van der Waals surface area contributed by atoms with Crippen LogP contribution in [0.4, 0.5) is 23.4 Å². The Balaban J connectivity index is 1.30. The van der Waals surface area contributed by atoms with E-state index in [4.69, 9.17) is 0 Å². The number of nitrogens with zero attached hydrogens (tertiary/aromatic N) is 5. The van der Waals surface area contributed by atoms with Crippen LogP contribution in [0.15, 0.2) is 30.7 Å². The second kappa shape index (κ2) is 7.13. The minimum absolute atomic E-state index is 0.00187. The number of rotatable bonds is 3. The molecule has 0 aromatic carbocycles. The molecule has 0 spiro atoms. The summed E-state index contributed by atoms with van der Waals surface area (Å²) in [5.74, 6) is 0.107. The van der Waals surface area contributed by atoms with Crippen LogP contribution in [-0.2, 0) is 11.0 Å². The summed E-state index contributed by atoms with van der Waals surface area (Å²) in [5, 5.41) is 0.697. The lowest BCUT2D eigenvalue weighted by Gasteiger charge is -2.41. The lowest BCUT2D eigenvalue weighted by Crippen LogP contribution is -2.56. The summed E-state index contributed by atoms with van der Waals surface area (Å²) in [6.45, 7) is 1.15. The Morgan fingerprint density at radius 3 is 2.48 bits per heavy atom. The average Bonchev–Trinajstić information content (AvgIpc) is 3.25. The summed E-state index contributed by atoms with van der Waals surface area (Å²) in [6.07, 6.45) is -0.954. The van der Waals surface area contributed by atoms with Crippen molar-refractivity contribution < 1.29 is 22.4 Å². The Labute approximate surface area is 185 Å². The van der Waals surface area contributed by atoms with E-state index in [0.29, 0.717) is 47.6 Å². The highest BCUT2D eigenvalue weighted by atomic mass is 19.4. The van der Waals surface area contributed by atoms with Gasteiger partial charge in [0.2, 0.25) is 5.91 Å². The van der Waals surface area contributed by atoms with Crippen molar-refractivity contribution in [1.29, 1.82) is 0 Å². The summed E-state index contributed by atoms with van der Waals surface area (Å²) in [6, 6.07) is 4.26. The predicted molar refractivity (Wildman–Crippen MR) is 111 cm³/mol. The first kappa shape index (κ1) is 20.4. The van der Waals surface area contributed by atoms with E-state index in [9.17, 15) is 22.4 Å². The molecule has 1 amide bonds. The molecule has 1 saturated carbocycles. The van der Waals surface area contributed by atoms with Crippen LogP contribution in [0.25, 0.3) is 22.3 Å². The largest absolute Gasteiger partial charge is 0.433 e. The molecule has 2 saturated heterocycles. The van der Waals surface area contributed by atoms with Gasteiger partial charge in [-0.15, -0.1) is 0 Å². The molecule has 3 aromatic heterocycles. The molecule has 11 heteroatoms. The molecular formula is C22H20F4N6O. The molecule has 172 valence electrons. The number of aromatic amines is 1. The molecule has 3 aliphatic rings. The van der Waals surface area contributed by atoms with Crippen LogP contribution in [-0.4, -0.2) is 62.1 Å². The Bertz CT molecular complexity index is 1230. The number of H-pyrrole nitrogens is 1. The molecule has 1 N–H and O–H groups in total. The lowest BCUT2D eigenvalue weighted by molar-refractivity contribution is -0.141. The zero-order valence-electron chi connectivity index (χ0n) is 17.4. The van der Waals surface area contributed by atoms with Gasteiger partial charge in [0, 0.05) is 42.6 Å². The molecule has 2 bridgehead atoms. The third-order valence-electron chi connectivity index (χ3n) is 6.83. The smallest absolute Gasteiger partial charge is 0.352 e. The minimum atomic E-state index is -4.54. The fourth-order valence-electron chi connectivity index (χ4n) is 5.13. The highest BCUT2D eigenvalue weighted by Crippen LogP contribution is 2.41. The van der Waals surface area contributed by atoms with Crippen molar-refractivity contribution >= 4 is 22.8 Å². The van der Waals surface area contributed by atoms with Gasteiger partial charge < -0.3 is 14.8 Å². The number of alkyl halides is 4. The molecule has 4 atom stereocenters. The standard InChI is InChI=1S/C22H20F4N6O/c23-16-6-14(16)21(33)32-12-1-2-13(32)9-31(8-12)20-15-7-17(30-19(15)28-10-29-20)11-3-4-27-18(5-11)22(24,25)26/h3-5,7,10,12-14,16H,1-2,6,8-9H2,(H,28,29,30)/t12?,13?,14-,16-/m1/s1. The number of aromatic nitrogens is 4. The van der Waals surface area contributed by atoms with Gasteiger partial charge in [0.15, 0.2) is 0 Å². The van der Waals surface area contributed by atoms with Crippen molar-refractivity contribution in [2.75, 3.05) is 18.0 Å². The zero-order chi connectivity index (χ0) is 22.9. The highest BCUT2D eigenvalue weighted by Gasteiger charge is 2.51. The summed E-state index contributed by atoms with van der Waals surface area (Å²) >= 11 is 0. The second-order valence-corrected chi connectivity index (χ2v) is 8.96. The lowest BCUT2D eigenvalue weighted by atomic mass is 10.1. The van der Waals surface area contributed by atoms with Gasteiger partial charge in [0.25, 0.3) is 0 Å². The molecular weight excluding hydrogens is 440 g/mol. The van der Waals surface area contributed by atoms with Crippen molar-refractivity contribution in [2.24, 2.45) is 5.92 Å². The first-order valence-electron chi connectivity index (χ1n) is 10.9. The zero-order valence-corrected chi connectivity index (χ0v) is 17.4. The van der Waals surface area contributed by atoms with Gasteiger partial charge in [-0.25, -0.2) is 14.4 Å². The van der Waals surface area contributed by atoms with Crippen LogP contribution in [0.1, 0.15) is 25.0 Å². The maximum Gasteiger partial charge on any atom is 0.433 e. The Morgan fingerprint density at radius 1 is 1.09 bits per heavy atom. The van der Waals surface area contributed by atoms with Crippen molar-refractivity contribution in [3.05, 3.63) is 36.4 Å². The van der Waals surface area contributed by atoms with E-state index >= 15 is 0 Å². The van der Waals surface area contributed by atoms with E-state index in [1.807, 2.05) is 4.90 Å². The molecule has 0 radical (unpaired) electrons. The van der Waals surface area contributed by atoms with Gasteiger partial charge in [-0.2, -0.15) is 13.2 Å². The third-order valence-corrected chi connectivity index (χ3v) is 6.83. The molecule has 33 heavy (non-hydrogen) atoms. The summed E-state index contributed by atoms with van der Waals surface area (Å²) in [4.78, 5) is 31.9. The number of carbonyl (C=O) groups is 1. The summed E-state index contributed by atoms with van der Waals surface area (Å²) in [5.41, 5.74) is 0.388. The number of piperazine rings is 1. The van der Waals surface area contributed by atoms with Crippen LogP contribution in [0.3, 0.4) is 0 Å². The van der Waals surface area contributed by atoms with Crippen molar-refractivity contribution in [3.63, 3.8) is 0 Å². The van der Waals surface area contributed by atoms with Crippen LogP contribution >= 0.6 is 0 Å². The summed E-state index contributed by atoms with van der Waals surface area (Å²) < 4.78 is 52.7. The quantitative estimate of drug-likeness (QED) is 0.605. The Kier molecular flexibility index (Phi) is 4.40. The molecule has 5 heterocycles. The monoisotopic (exact) mass is 460 g/mol. The molecule has 2 aliphatic heterocycles. The van der Waals surface area contributed by atoms with E-state index in [-0.39, 0.29) is 18.0 Å². The van der Waals surface area contributed by atoms with Gasteiger partial charge >= 0.3 is 6.18 Å². The maximum atomic E-state index is 13.5. The maximum absolute atomic E-state index is 13.5. The number of pyridine rings is 1. The molecule has 1 aliphatic carbocycles. The second-order valence-electron chi connectivity index (χ2n) is 8.96. The Hall–Kier alpha value is -3.24. The average molecular weight is 460 g/mol. The molecule has 7 nitrogen and oxygen atoms in total. The molecule has 3 aromatic rings.